The molecule has 0 spiro atoms. The van der Waals surface area contributed by atoms with Crippen LogP contribution in [0.1, 0.15) is 11.3 Å². The van der Waals surface area contributed by atoms with E-state index < -0.39 is 5.91 Å². The summed E-state index contributed by atoms with van der Waals surface area (Å²) in [4.78, 5) is 19.2. The zero-order chi connectivity index (χ0) is 16.8. The molecule has 0 unspecified atom stereocenters. The van der Waals surface area contributed by atoms with Crippen LogP contribution in [0.2, 0.25) is 0 Å². The summed E-state index contributed by atoms with van der Waals surface area (Å²) in [5, 5.41) is 8.60. The van der Waals surface area contributed by atoms with Gasteiger partial charge in [-0.05, 0) is 29.8 Å². The van der Waals surface area contributed by atoms with Crippen LogP contribution < -0.4 is 10.4 Å². The van der Waals surface area contributed by atoms with Crippen LogP contribution in [0.25, 0.3) is 6.08 Å². The second-order valence-electron chi connectivity index (χ2n) is 5.83. The molecule has 6 nitrogen and oxygen atoms in total. The van der Waals surface area contributed by atoms with Gasteiger partial charge in [0.05, 0.1) is 0 Å². The number of anilines is 1. The van der Waals surface area contributed by atoms with E-state index in [-0.39, 0.29) is 0 Å². The predicted octanol–water partition coefficient (Wildman–Crippen LogP) is 1.86. The first-order valence-corrected chi connectivity index (χ1v) is 8.07. The molecule has 1 aliphatic heterocycles. The summed E-state index contributed by atoms with van der Waals surface area (Å²) in [6.07, 6.45) is 5.02. The van der Waals surface area contributed by atoms with Crippen LogP contribution in [0.15, 0.2) is 48.7 Å². The van der Waals surface area contributed by atoms with E-state index in [0.29, 0.717) is 0 Å². The Balaban J connectivity index is 1.64. The number of H-pyrrole nitrogens is 1. The third-order valence-electron chi connectivity index (χ3n) is 4.23. The topological polar surface area (TPSA) is 71.6 Å². The molecule has 24 heavy (non-hydrogen) atoms. The van der Waals surface area contributed by atoms with E-state index in [0.717, 1.165) is 44.0 Å². The van der Waals surface area contributed by atoms with Gasteiger partial charge in [-0.15, -0.1) is 0 Å². The van der Waals surface area contributed by atoms with Crippen molar-refractivity contribution in [3.8, 4) is 0 Å². The van der Waals surface area contributed by atoms with Gasteiger partial charge in [-0.2, -0.15) is 0 Å². The molecule has 0 radical (unpaired) electrons. The largest absolute Gasteiger partial charge is 0.368 e. The van der Waals surface area contributed by atoms with Gasteiger partial charge in [-0.3, -0.25) is 14.9 Å². The molecular formula is C18H22N4O2. The first-order chi connectivity index (χ1) is 11.8. The fourth-order valence-electron chi connectivity index (χ4n) is 2.97. The number of aromatic nitrogens is 1. The molecular weight excluding hydrogens is 304 g/mol. The number of benzene rings is 1. The van der Waals surface area contributed by atoms with Crippen molar-refractivity contribution in [2.24, 2.45) is 0 Å². The lowest BCUT2D eigenvalue weighted by Gasteiger charge is -2.36. The summed E-state index contributed by atoms with van der Waals surface area (Å²) in [6.45, 7) is 4.82. The van der Waals surface area contributed by atoms with Crippen LogP contribution in [0.3, 0.4) is 0 Å². The maximum atomic E-state index is 11.2. The van der Waals surface area contributed by atoms with E-state index >= 15 is 0 Å². The summed E-state index contributed by atoms with van der Waals surface area (Å²) >= 11 is 0. The lowest BCUT2D eigenvalue weighted by Crippen LogP contribution is -2.46. The number of para-hydroxylation sites is 1. The van der Waals surface area contributed by atoms with E-state index in [9.17, 15) is 4.79 Å². The molecule has 3 rings (SSSR count). The lowest BCUT2D eigenvalue weighted by atomic mass is 10.1. The number of amides is 1. The highest BCUT2D eigenvalue weighted by Crippen LogP contribution is 2.23. The van der Waals surface area contributed by atoms with Crippen molar-refractivity contribution in [3.05, 3.63) is 59.9 Å². The Morgan fingerprint density at radius 3 is 2.67 bits per heavy atom. The molecule has 2 aromatic rings. The van der Waals surface area contributed by atoms with Gasteiger partial charge < -0.3 is 9.88 Å². The molecule has 6 heteroatoms. The fourth-order valence-corrected chi connectivity index (χ4v) is 2.97. The zero-order valence-electron chi connectivity index (χ0n) is 13.5. The number of piperazine rings is 1. The van der Waals surface area contributed by atoms with Crippen molar-refractivity contribution < 1.29 is 10.0 Å². The summed E-state index contributed by atoms with van der Waals surface area (Å²) in [6, 6.07) is 12.1. The number of carbonyl (C=O) groups is 1. The Morgan fingerprint density at radius 1 is 1.17 bits per heavy atom. The second-order valence-corrected chi connectivity index (χ2v) is 5.83. The van der Waals surface area contributed by atoms with E-state index in [1.54, 1.807) is 11.6 Å². The number of aromatic amines is 1. The Bertz CT molecular complexity index is 689. The first kappa shape index (κ1) is 16.3. The Morgan fingerprint density at radius 2 is 1.96 bits per heavy atom. The molecule has 1 aliphatic rings. The van der Waals surface area contributed by atoms with Crippen LogP contribution in [-0.4, -0.2) is 47.2 Å². The monoisotopic (exact) mass is 326 g/mol. The minimum atomic E-state index is -0.527. The minimum Gasteiger partial charge on any atom is -0.368 e. The molecule has 1 fully saturated rings. The zero-order valence-corrected chi connectivity index (χ0v) is 13.5. The van der Waals surface area contributed by atoms with Crippen molar-refractivity contribution in [1.29, 1.82) is 0 Å². The van der Waals surface area contributed by atoms with Crippen LogP contribution in [0, 0.1) is 0 Å². The highest BCUT2D eigenvalue weighted by Gasteiger charge is 2.18. The summed E-state index contributed by atoms with van der Waals surface area (Å²) in [5.41, 5.74) is 4.93. The number of carbonyl (C=O) groups excluding carboxylic acids is 1. The van der Waals surface area contributed by atoms with Crippen LogP contribution in [-0.2, 0) is 11.3 Å². The molecule has 1 aromatic heterocycles. The van der Waals surface area contributed by atoms with Gasteiger partial charge in [-0.1, -0.05) is 18.2 Å². The number of hydrogen-bond acceptors (Lipinski definition) is 4. The van der Waals surface area contributed by atoms with Crippen LogP contribution in [0.4, 0.5) is 5.69 Å². The lowest BCUT2D eigenvalue weighted by molar-refractivity contribution is -0.124. The SMILES string of the molecule is O=C(C=Cc1ccccc1N1CCN(Cc2ccc[nH]2)CC1)NO. The molecule has 126 valence electrons. The van der Waals surface area contributed by atoms with Gasteiger partial charge in [0.25, 0.3) is 5.91 Å². The number of nitrogens with one attached hydrogen (secondary N) is 2. The third kappa shape index (κ3) is 4.04. The Kier molecular flexibility index (Phi) is 5.30. The van der Waals surface area contributed by atoms with Crippen molar-refractivity contribution in [1.82, 2.24) is 15.4 Å². The van der Waals surface area contributed by atoms with Crippen LogP contribution in [0.5, 0.6) is 0 Å². The van der Waals surface area contributed by atoms with Crippen molar-refractivity contribution >= 4 is 17.7 Å². The molecule has 1 saturated heterocycles. The van der Waals surface area contributed by atoms with Gasteiger partial charge in [-0.25, -0.2) is 5.48 Å². The van der Waals surface area contributed by atoms with Gasteiger partial charge in [0.15, 0.2) is 0 Å². The maximum Gasteiger partial charge on any atom is 0.267 e. The van der Waals surface area contributed by atoms with E-state index in [4.69, 9.17) is 5.21 Å². The maximum absolute atomic E-state index is 11.2. The third-order valence-corrected chi connectivity index (χ3v) is 4.23. The molecule has 0 saturated carbocycles. The highest BCUT2D eigenvalue weighted by molar-refractivity contribution is 5.91. The smallest absolute Gasteiger partial charge is 0.267 e. The second kappa shape index (κ2) is 7.81. The number of rotatable bonds is 5. The van der Waals surface area contributed by atoms with Crippen LogP contribution >= 0.6 is 0 Å². The normalized spacial score (nSPS) is 15.8. The quantitative estimate of drug-likeness (QED) is 0.445. The molecule has 0 atom stereocenters. The number of hydrogen-bond donors (Lipinski definition) is 3. The Labute approximate surface area is 141 Å². The van der Waals surface area contributed by atoms with E-state index in [1.165, 1.54) is 11.8 Å². The molecule has 3 N–H and O–H groups in total. The van der Waals surface area contributed by atoms with E-state index in [1.807, 2.05) is 30.5 Å². The number of nitrogens with zero attached hydrogens (tertiary/aromatic N) is 2. The average Bonchev–Trinajstić information content (AvgIpc) is 3.13. The fraction of sp³-hybridized carbons (Fsp3) is 0.278. The van der Waals surface area contributed by atoms with Crippen molar-refractivity contribution in [2.45, 2.75) is 6.54 Å². The minimum absolute atomic E-state index is 0.527. The van der Waals surface area contributed by atoms with Gasteiger partial charge >= 0.3 is 0 Å². The molecule has 0 aliphatic carbocycles. The van der Waals surface area contributed by atoms with E-state index in [2.05, 4.69) is 26.9 Å². The summed E-state index contributed by atoms with van der Waals surface area (Å²) in [5.74, 6) is -0.527. The Hall–Kier alpha value is -2.57. The molecule has 1 amide bonds. The van der Waals surface area contributed by atoms with Gasteiger partial charge in [0.1, 0.15) is 0 Å². The number of hydroxylamine groups is 1. The molecule has 2 heterocycles. The van der Waals surface area contributed by atoms with Gasteiger partial charge in [0.2, 0.25) is 0 Å². The van der Waals surface area contributed by atoms with Gasteiger partial charge in [0, 0.05) is 56.4 Å². The standard InChI is InChI=1S/C18H22N4O2/c23-18(20-24)8-7-15-4-1-2-6-17(15)22-12-10-21(11-13-22)14-16-5-3-9-19-16/h1-9,19,24H,10-14H2,(H,20,23). The first-order valence-electron chi connectivity index (χ1n) is 8.07. The molecule has 0 bridgehead atoms. The predicted molar refractivity (Wildman–Crippen MR) is 93.7 cm³/mol. The summed E-state index contributed by atoms with van der Waals surface area (Å²) < 4.78 is 0. The van der Waals surface area contributed by atoms with Crippen molar-refractivity contribution in [3.63, 3.8) is 0 Å². The highest BCUT2D eigenvalue weighted by atomic mass is 16.5. The summed E-state index contributed by atoms with van der Waals surface area (Å²) in [7, 11) is 0. The average molecular weight is 326 g/mol. The molecule has 1 aromatic carbocycles. The van der Waals surface area contributed by atoms with Crippen molar-refractivity contribution in [2.75, 3.05) is 31.1 Å².